The molecule has 4 nitrogen and oxygen atoms in total. The molecule has 1 heterocycles. The third-order valence-electron chi connectivity index (χ3n) is 4.90. The van der Waals surface area contributed by atoms with Gasteiger partial charge in [0.05, 0.1) is 5.92 Å². The van der Waals surface area contributed by atoms with E-state index in [0.717, 1.165) is 32.1 Å². The lowest BCUT2D eigenvalue weighted by atomic mass is 9.97. The van der Waals surface area contributed by atoms with Gasteiger partial charge in [0.25, 0.3) is 0 Å². The van der Waals surface area contributed by atoms with Gasteiger partial charge in [-0.05, 0) is 37.7 Å². The number of hydrogen-bond donors (Lipinski definition) is 0. The number of benzene rings is 1. The highest BCUT2D eigenvalue weighted by Crippen LogP contribution is 2.24. The third-order valence-corrected chi connectivity index (χ3v) is 4.90. The second kappa shape index (κ2) is 7.62. The average molecular weight is 315 g/mol. The summed E-state index contributed by atoms with van der Waals surface area (Å²) in [7, 11) is 0. The van der Waals surface area contributed by atoms with Crippen LogP contribution in [0.4, 0.5) is 0 Å². The number of esters is 1. The molecule has 1 amide bonds. The normalized spacial score (nSPS) is 22.3. The van der Waals surface area contributed by atoms with E-state index in [2.05, 4.69) is 12.1 Å². The molecule has 1 saturated carbocycles. The Bertz CT molecular complexity index is 537. The van der Waals surface area contributed by atoms with Crippen LogP contribution >= 0.6 is 0 Å². The van der Waals surface area contributed by atoms with Crippen molar-refractivity contribution in [1.29, 1.82) is 0 Å². The maximum Gasteiger partial charge on any atom is 0.311 e. The fourth-order valence-corrected chi connectivity index (χ4v) is 3.50. The zero-order chi connectivity index (χ0) is 16.1. The molecular formula is C19H25NO3. The van der Waals surface area contributed by atoms with Gasteiger partial charge >= 0.3 is 5.97 Å². The summed E-state index contributed by atoms with van der Waals surface area (Å²) in [6.07, 6.45) is 6.69. The van der Waals surface area contributed by atoms with Crippen molar-refractivity contribution in [3.63, 3.8) is 0 Å². The van der Waals surface area contributed by atoms with Crippen LogP contribution in [0.15, 0.2) is 30.3 Å². The average Bonchev–Trinajstić information content (AvgIpc) is 2.96. The van der Waals surface area contributed by atoms with E-state index in [0.29, 0.717) is 19.5 Å². The molecule has 23 heavy (non-hydrogen) atoms. The van der Waals surface area contributed by atoms with Crippen molar-refractivity contribution in [2.24, 2.45) is 5.92 Å². The fraction of sp³-hybridized carbons (Fsp3) is 0.579. The lowest BCUT2D eigenvalue weighted by molar-refractivity contribution is -0.155. The van der Waals surface area contributed by atoms with Crippen molar-refractivity contribution in [1.82, 2.24) is 4.90 Å². The van der Waals surface area contributed by atoms with Crippen LogP contribution in [-0.4, -0.2) is 36.0 Å². The fourth-order valence-electron chi connectivity index (χ4n) is 3.50. The highest BCUT2D eigenvalue weighted by Gasteiger charge is 2.36. The van der Waals surface area contributed by atoms with Gasteiger partial charge in [0.1, 0.15) is 6.10 Å². The summed E-state index contributed by atoms with van der Waals surface area (Å²) in [6, 6.07) is 10.1. The Morgan fingerprint density at radius 1 is 1.13 bits per heavy atom. The van der Waals surface area contributed by atoms with Crippen LogP contribution < -0.4 is 0 Å². The topological polar surface area (TPSA) is 46.6 Å². The summed E-state index contributed by atoms with van der Waals surface area (Å²) < 4.78 is 5.62. The van der Waals surface area contributed by atoms with Gasteiger partial charge in [-0.25, -0.2) is 0 Å². The first-order valence-corrected chi connectivity index (χ1v) is 8.74. The van der Waals surface area contributed by atoms with Crippen LogP contribution in [0.2, 0.25) is 0 Å². The number of carbonyl (C=O) groups excluding carboxylic acids is 2. The maximum atomic E-state index is 12.3. The molecule has 1 aliphatic heterocycles. The molecule has 1 saturated heterocycles. The number of nitrogens with zero attached hydrogens (tertiary/aromatic N) is 1. The van der Waals surface area contributed by atoms with E-state index in [1.807, 2.05) is 18.2 Å². The van der Waals surface area contributed by atoms with E-state index >= 15 is 0 Å². The molecule has 1 aliphatic carbocycles. The predicted molar refractivity (Wildman–Crippen MR) is 87.8 cm³/mol. The van der Waals surface area contributed by atoms with Crippen LogP contribution in [0.25, 0.3) is 0 Å². The van der Waals surface area contributed by atoms with Crippen molar-refractivity contribution in [2.75, 3.05) is 13.1 Å². The van der Waals surface area contributed by atoms with Crippen molar-refractivity contribution in [3.05, 3.63) is 35.9 Å². The molecule has 2 fully saturated rings. The van der Waals surface area contributed by atoms with Crippen LogP contribution in [-0.2, 0) is 20.7 Å². The quantitative estimate of drug-likeness (QED) is 0.785. The molecule has 4 heteroatoms. The van der Waals surface area contributed by atoms with E-state index in [1.165, 1.54) is 12.0 Å². The standard InChI is InChI=1S/C19H25NO3/c21-18-13-16(19(22)23-17-9-5-2-6-10-17)14-20(18)12-11-15-7-3-1-4-8-15/h1,3-4,7-8,16-17H,2,5-6,9-14H2. The smallest absolute Gasteiger partial charge is 0.311 e. The van der Waals surface area contributed by atoms with Crippen molar-refractivity contribution in [3.8, 4) is 0 Å². The number of hydrogen-bond acceptors (Lipinski definition) is 3. The Balaban J connectivity index is 1.47. The Kier molecular flexibility index (Phi) is 5.31. The molecule has 1 atom stereocenters. The summed E-state index contributed by atoms with van der Waals surface area (Å²) in [6.45, 7) is 1.19. The van der Waals surface area contributed by atoms with E-state index < -0.39 is 0 Å². The van der Waals surface area contributed by atoms with E-state index in [1.54, 1.807) is 4.90 Å². The Hall–Kier alpha value is -1.84. The molecule has 1 aromatic carbocycles. The highest BCUT2D eigenvalue weighted by atomic mass is 16.5. The van der Waals surface area contributed by atoms with Gasteiger partial charge in [0.15, 0.2) is 0 Å². The minimum Gasteiger partial charge on any atom is -0.462 e. The summed E-state index contributed by atoms with van der Waals surface area (Å²) in [4.78, 5) is 26.2. The molecule has 1 unspecified atom stereocenters. The molecule has 124 valence electrons. The van der Waals surface area contributed by atoms with Gasteiger partial charge < -0.3 is 9.64 Å². The lowest BCUT2D eigenvalue weighted by Gasteiger charge is -2.23. The number of carbonyl (C=O) groups is 2. The van der Waals surface area contributed by atoms with E-state index in [9.17, 15) is 9.59 Å². The number of rotatable bonds is 5. The van der Waals surface area contributed by atoms with Gasteiger partial charge in [-0.1, -0.05) is 36.8 Å². The molecular weight excluding hydrogens is 290 g/mol. The Labute approximate surface area is 137 Å². The Morgan fingerprint density at radius 3 is 2.61 bits per heavy atom. The predicted octanol–water partition coefficient (Wildman–Crippen LogP) is 2.95. The van der Waals surface area contributed by atoms with Gasteiger partial charge in [0, 0.05) is 19.5 Å². The maximum absolute atomic E-state index is 12.3. The Morgan fingerprint density at radius 2 is 1.87 bits per heavy atom. The minimum absolute atomic E-state index is 0.0738. The molecule has 0 spiro atoms. The van der Waals surface area contributed by atoms with Crippen LogP contribution in [0, 0.1) is 5.92 Å². The summed E-state index contributed by atoms with van der Waals surface area (Å²) in [5.41, 5.74) is 1.22. The number of ether oxygens (including phenoxy) is 1. The molecule has 1 aromatic rings. The van der Waals surface area contributed by atoms with Crippen LogP contribution in [0.1, 0.15) is 44.1 Å². The summed E-state index contributed by atoms with van der Waals surface area (Å²) >= 11 is 0. The van der Waals surface area contributed by atoms with Gasteiger partial charge in [-0.15, -0.1) is 0 Å². The first-order valence-electron chi connectivity index (χ1n) is 8.74. The molecule has 3 rings (SSSR count). The molecule has 0 aromatic heterocycles. The molecule has 2 aliphatic rings. The van der Waals surface area contributed by atoms with Crippen molar-refractivity contribution in [2.45, 2.75) is 51.0 Å². The summed E-state index contributed by atoms with van der Waals surface area (Å²) in [5.74, 6) is -0.376. The molecule has 0 radical (unpaired) electrons. The van der Waals surface area contributed by atoms with Crippen LogP contribution in [0.5, 0.6) is 0 Å². The van der Waals surface area contributed by atoms with Crippen molar-refractivity contribution >= 4 is 11.9 Å². The number of amides is 1. The largest absolute Gasteiger partial charge is 0.462 e. The molecule has 0 bridgehead atoms. The van der Waals surface area contributed by atoms with Gasteiger partial charge in [-0.2, -0.15) is 0 Å². The second-order valence-electron chi connectivity index (χ2n) is 6.67. The van der Waals surface area contributed by atoms with Gasteiger partial charge in [0.2, 0.25) is 5.91 Å². The first-order chi connectivity index (χ1) is 11.2. The number of likely N-dealkylation sites (tertiary alicyclic amines) is 1. The monoisotopic (exact) mass is 315 g/mol. The third kappa shape index (κ3) is 4.34. The van der Waals surface area contributed by atoms with E-state index in [-0.39, 0.29) is 23.9 Å². The second-order valence-corrected chi connectivity index (χ2v) is 6.67. The van der Waals surface area contributed by atoms with Gasteiger partial charge in [-0.3, -0.25) is 9.59 Å². The molecule has 0 N–H and O–H groups in total. The zero-order valence-electron chi connectivity index (χ0n) is 13.6. The van der Waals surface area contributed by atoms with E-state index in [4.69, 9.17) is 4.74 Å². The zero-order valence-corrected chi connectivity index (χ0v) is 13.6. The first kappa shape index (κ1) is 16.0. The van der Waals surface area contributed by atoms with Crippen LogP contribution in [0.3, 0.4) is 0 Å². The summed E-state index contributed by atoms with van der Waals surface area (Å²) in [5, 5.41) is 0. The minimum atomic E-state index is -0.278. The SMILES string of the molecule is O=C(OC1CCCCC1)C1CC(=O)N(CCc2ccccc2)C1. The van der Waals surface area contributed by atoms with Crippen molar-refractivity contribution < 1.29 is 14.3 Å². The highest BCUT2D eigenvalue weighted by molar-refractivity contribution is 5.86. The lowest BCUT2D eigenvalue weighted by Crippen LogP contribution is -2.30.